The summed E-state index contributed by atoms with van der Waals surface area (Å²) >= 11 is 0. The number of likely N-dealkylation sites (tertiary alicyclic amines) is 1. The highest BCUT2D eigenvalue weighted by Crippen LogP contribution is 2.26. The second-order valence-corrected chi connectivity index (χ2v) is 11.0. The molecule has 4 aliphatic rings. The molecule has 4 fully saturated rings. The van der Waals surface area contributed by atoms with E-state index >= 15 is 0 Å². The van der Waals surface area contributed by atoms with Gasteiger partial charge in [-0.3, -0.25) is 4.99 Å². The smallest absolute Gasteiger partial charge is 0.191 e. The van der Waals surface area contributed by atoms with Crippen LogP contribution in [0.25, 0.3) is 0 Å². The van der Waals surface area contributed by atoms with Crippen LogP contribution < -0.4 is 10.6 Å². The van der Waals surface area contributed by atoms with Crippen LogP contribution in [0, 0.1) is 5.92 Å². The maximum Gasteiger partial charge on any atom is 0.191 e. The minimum atomic E-state index is -2.81. The molecule has 0 amide bonds. The van der Waals surface area contributed by atoms with Gasteiger partial charge in [0, 0.05) is 37.8 Å². The summed E-state index contributed by atoms with van der Waals surface area (Å²) in [7, 11) is -2.81. The molecular formula is C19H35IN4O2S. The van der Waals surface area contributed by atoms with Crippen molar-refractivity contribution in [3.63, 3.8) is 0 Å². The zero-order chi connectivity index (χ0) is 18.0. The number of hydrogen-bond acceptors (Lipinski definition) is 4. The Morgan fingerprint density at radius 2 is 1.56 bits per heavy atom. The van der Waals surface area contributed by atoms with E-state index in [1.54, 1.807) is 0 Å². The highest BCUT2D eigenvalue weighted by Gasteiger charge is 2.30. The maximum atomic E-state index is 11.6. The van der Waals surface area contributed by atoms with Crippen molar-refractivity contribution in [1.82, 2.24) is 15.5 Å². The fourth-order valence-electron chi connectivity index (χ4n) is 4.66. The number of nitrogens with one attached hydrogen (secondary N) is 2. The molecule has 2 saturated heterocycles. The second kappa shape index (κ2) is 9.61. The van der Waals surface area contributed by atoms with Gasteiger partial charge in [-0.2, -0.15) is 0 Å². The molecule has 0 aromatic heterocycles. The first kappa shape index (κ1) is 21.6. The molecule has 0 aromatic rings. The molecule has 2 aliphatic carbocycles. The Kier molecular flexibility index (Phi) is 7.69. The van der Waals surface area contributed by atoms with Gasteiger partial charge in [0.1, 0.15) is 0 Å². The first-order valence-electron chi connectivity index (χ1n) is 10.6. The van der Waals surface area contributed by atoms with Crippen LogP contribution in [0.2, 0.25) is 0 Å². The lowest BCUT2D eigenvalue weighted by molar-refractivity contribution is 0.150. The maximum absolute atomic E-state index is 11.6. The number of sulfone groups is 1. The SMILES string of the molecule is I.O=S1(=O)CCC(CN=C(NC2CC2)NC2CCN(C3CCCC3)CC2)C1. The molecular weight excluding hydrogens is 475 g/mol. The van der Waals surface area contributed by atoms with Crippen LogP contribution in [0.4, 0.5) is 0 Å². The highest BCUT2D eigenvalue weighted by atomic mass is 127. The van der Waals surface area contributed by atoms with Crippen LogP contribution in [0.3, 0.4) is 0 Å². The van der Waals surface area contributed by atoms with Crippen LogP contribution in [-0.4, -0.2) is 68.5 Å². The van der Waals surface area contributed by atoms with Crippen molar-refractivity contribution in [1.29, 1.82) is 0 Å². The third-order valence-electron chi connectivity index (χ3n) is 6.46. The Morgan fingerprint density at radius 1 is 0.926 bits per heavy atom. The Hall–Kier alpha value is -0.0900. The van der Waals surface area contributed by atoms with Crippen molar-refractivity contribution in [3.05, 3.63) is 0 Å². The quantitative estimate of drug-likeness (QED) is 0.337. The molecule has 1 unspecified atom stereocenters. The number of nitrogens with zero attached hydrogens (tertiary/aromatic N) is 2. The van der Waals surface area contributed by atoms with E-state index in [0.29, 0.717) is 30.1 Å². The van der Waals surface area contributed by atoms with E-state index in [2.05, 4.69) is 15.5 Å². The van der Waals surface area contributed by atoms with Crippen LogP contribution in [0.1, 0.15) is 57.8 Å². The summed E-state index contributed by atoms with van der Waals surface area (Å²) in [5, 5.41) is 7.17. The van der Waals surface area contributed by atoms with Gasteiger partial charge in [0.2, 0.25) is 0 Å². The largest absolute Gasteiger partial charge is 0.354 e. The Bertz CT molecular complexity index is 609. The van der Waals surface area contributed by atoms with Crippen molar-refractivity contribution in [2.24, 2.45) is 10.9 Å². The van der Waals surface area contributed by atoms with Gasteiger partial charge in [-0.15, -0.1) is 24.0 Å². The zero-order valence-electron chi connectivity index (χ0n) is 16.2. The van der Waals surface area contributed by atoms with E-state index in [-0.39, 0.29) is 29.9 Å². The molecule has 6 nitrogen and oxygen atoms in total. The molecule has 0 bridgehead atoms. The molecule has 2 heterocycles. The molecule has 0 radical (unpaired) electrons. The number of hydrogen-bond donors (Lipinski definition) is 2. The number of halogens is 1. The van der Waals surface area contributed by atoms with E-state index in [0.717, 1.165) is 18.4 Å². The Labute approximate surface area is 181 Å². The van der Waals surface area contributed by atoms with Gasteiger partial charge in [0.25, 0.3) is 0 Å². The summed E-state index contributed by atoms with van der Waals surface area (Å²) in [5.41, 5.74) is 0. The summed E-state index contributed by atoms with van der Waals surface area (Å²) in [6, 6.07) is 1.88. The van der Waals surface area contributed by atoms with Gasteiger partial charge >= 0.3 is 0 Å². The fourth-order valence-corrected chi connectivity index (χ4v) is 6.51. The summed E-state index contributed by atoms with van der Waals surface area (Å²) in [6.07, 6.45) is 11.2. The first-order valence-corrected chi connectivity index (χ1v) is 12.4. The Balaban J connectivity index is 0.00000210. The summed E-state index contributed by atoms with van der Waals surface area (Å²) < 4.78 is 23.3. The predicted octanol–water partition coefficient (Wildman–Crippen LogP) is 2.14. The van der Waals surface area contributed by atoms with Crippen molar-refractivity contribution in [2.75, 3.05) is 31.1 Å². The van der Waals surface area contributed by atoms with Gasteiger partial charge in [-0.05, 0) is 50.9 Å². The molecule has 27 heavy (non-hydrogen) atoms. The van der Waals surface area contributed by atoms with Crippen molar-refractivity contribution >= 4 is 39.8 Å². The lowest BCUT2D eigenvalue weighted by Gasteiger charge is -2.36. The first-order chi connectivity index (χ1) is 12.6. The second-order valence-electron chi connectivity index (χ2n) is 8.77. The molecule has 2 saturated carbocycles. The van der Waals surface area contributed by atoms with E-state index in [1.807, 2.05) is 0 Å². The summed E-state index contributed by atoms with van der Waals surface area (Å²) in [5.74, 6) is 1.76. The van der Waals surface area contributed by atoms with Gasteiger partial charge < -0.3 is 15.5 Å². The normalized spacial score (nSPS) is 30.2. The monoisotopic (exact) mass is 510 g/mol. The average Bonchev–Trinajstić information content (AvgIpc) is 3.13. The van der Waals surface area contributed by atoms with Crippen LogP contribution in [0.5, 0.6) is 0 Å². The molecule has 4 rings (SSSR count). The summed E-state index contributed by atoms with van der Waals surface area (Å²) in [6.45, 7) is 3.02. The number of rotatable bonds is 5. The average molecular weight is 510 g/mol. The van der Waals surface area contributed by atoms with Crippen LogP contribution in [0.15, 0.2) is 4.99 Å². The minimum absolute atomic E-state index is 0. The van der Waals surface area contributed by atoms with Gasteiger partial charge in [0.15, 0.2) is 15.8 Å². The molecule has 156 valence electrons. The number of aliphatic imine (C=N–C) groups is 1. The number of guanidine groups is 1. The molecule has 0 aromatic carbocycles. The predicted molar refractivity (Wildman–Crippen MR) is 121 cm³/mol. The van der Waals surface area contributed by atoms with Crippen molar-refractivity contribution in [2.45, 2.75) is 75.9 Å². The van der Waals surface area contributed by atoms with E-state index in [9.17, 15) is 8.42 Å². The van der Waals surface area contributed by atoms with Gasteiger partial charge in [0.05, 0.1) is 11.5 Å². The van der Waals surface area contributed by atoms with E-state index in [4.69, 9.17) is 4.99 Å². The topological polar surface area (TPSA) is 73.8 Å². The fraction of sp³-hybridized carbons (Fsp3) is 0.947. The molecule has 1 atom stereocenters. The molecule has 8 heteroatoms. The third-order valence-corrected chi connectivity index (χ3v) is 8.30. The third kappa shape index (κ3) is 6.45. The Morgan fingerprint density at radius 3 is 2.11 bits per heavy atom. The minimum Gasteiger partial charge on any atom is -0.354 e. The zero-order valence-corrected chi connectivity index (χ0v) is 19.4. The standard InChI is InChI=1S/C19H34N4O2S.HI/c24-26(25)12-9-15(14-26)13-20-19(21-16-5-6-16)22-17-7-10-23(11-8-17)18-3-1-2-4-18;/h15-18H,1-14H2,(H2,20,21,22);1H. The summed E-state index contributed by atoms with van der Waals surface area (Å²) in [4.78, 5) is 7.45. The number of piperidine rings is 1. The van der Waals surface area contributed by atoms with E-state index < -0.39 is 9.84 Å². The molecule has 0 spiro atoms. The highest BCUT2D eigenvalue weighted by molar-refractivity contribution is 14.0. The van der Waals surface area contributed by atoms with Crippen LogP contribution >= 0.6 is 24.0 Å². The molecule has 2 aliphatic heterocycles. The van der Waals surface area contributed by atoms with Crippen molar-refractivity contribution in [3.8, 4) is 0 Å². The lowest BCUT2D eigenvalue weighted by atomic mass is 10.0. The van der Waals surface area contributed by atoms with Gasteiger partial charge in [-0.25, -0.2) is 8.42 Å². The van der Waals surface area contributed by atoms with Crippen LogP contribution in [-0.2, 0) is 9.84 Å². The lowest BCUT2D eigenvalue weighted by Crippen LogP contribution is -2.50. The van der Waals surface area contributed by atoms with Gasteiger partial charge in [-0.1, -0.05) is 12.8 Å². The van der Waals surface area contributed by atoms with Crippen molar-refractivity contribution < 1.29 is 8.42 Å². The van der Waals surface area contributed by atoms with E-state index in [1.165, 1.54) is 64.5 Å². The molecule has 2 N–H and O–H groups in total.